The SMILES string of the molecule is OC1c2ccccc2-c2ccc(-c3ccc(F)cc3)cc21. The van der Waals surface area contributed by atoms with Crippen LogP contribution in [0.25, 0.3) is 22.3 Å². The number of rotatable bonds is 1. The minimum atomic E-state index is -0.586. The first kappa shape index (κ1) is 12.3. The smallest absolute Gasteiger partial charge is 0.123 e. The van der Waals surface area contributed by atoms with Crippen LogP contribution in [0, 0.1) is 5.82 Å². The second kappa shape index (κ2) is 4.54. The highest BCUT2D eigenvalue weighted by Crippen LogP contribution is 2.44. The average molecular weight is 276 g/mol. The maximum absolute atomic E-state index is 13.0. The van der Waals surface area contributed by atoms with Crippen LogP contribution in [-0.2, 0) is 0 Å². The minimum Gasteiger partial charge on any atom is -0.384 e. The number of fused-ring (bicyclic) bond motifs is 3. The van der Waals surface area contributed by atoms with Crippen LogP contribution in [0.4, 0.5) is 4.39 Å². The van der Waals surface area contributed by atoms with Gasteiger partial charge in [0.05, 0.1) is 0 Å². The summed E-state index contributed by atoms with van der Waals surface area (Å²) in [6.07, 6.45) is -0.586. The number of hydrogen-bond donors (Lipinski definition) is 1. The van der Waals surface area contributed by atoms with Gasteiger partial charge in [0, 0.05) is 0 Å². The van der Waals surface area contributed by atoms with Crippen LogP contribution in [0.3, 0.4) is 0 Å². The van der Waals surface area contributed by atoms with Crippen LogP contribution in [0.2, 0.25) is 0 Å². The first-order chi connectivity index (χ1) is 10.2. The first-order valence-corrected chi connectivity index (χ1v) is 6.91. The molecule has 0 aliphatic heterocycles. The fraction of sp³-hybridized carbons (Fsp3) is 0.0526. The Morgan fingerprint density at radius 2 is 1.38 bits per heavy atom. The molecule has 0 amide bonds. The van der Waals surface area contributed by atoms with E-state index in [0.29, 0.717) is 0 Å². The topological polar surface area (TPSA) is 20.2 Å². The molecule has 1 aliphatic rings. The zero-order valence-electron chi connectivity index (χ0n) is 11.3. The van der Waals surface area contributed by atoms with Crippen LogP contribution >= 0.6 is 0 Å². The molecule has 0 fully saturated rings. The molecule has 2 heteroatoms. The zero-order valence-corrected chi connectivity index (χ0v) is 11.3. The predicted octanol–water partition coefficient (Wildman–Crippen LogP) is 4.55. The lowest BCUT2D eigenvalue weighted by molar-refractivity contribution is 0.225. The van der Waals surface area contributed by atoms with Gasteiger partial charge in [-0.25, -0.2) is 4.39 Å². The normalized spacial score (nSPS) is 15.6. The molecular weight excluding hydrogens is 263 g/mol. The van der Waals surface area contributed by atoms with Crippen molar-refractivity contribution < 1.29 is 9.50 Å². The van der Waals surface area contributed by atoms with Crippen LogP contribution in [0.15, 0.2) is 66.7 Å². The Kier molecular flexibility index (Phi) is 2.66. The summed E-state index contributed by atoms with van der Waals surface area (Å²) in [7, 11) is 0. The molecule has 3 aromatic rings. The highest BCUT2D eigenvalue weighted by atomic mass is 19.1. The Hall–Kier alpha value is -2.45. The second-order valence-electron chi connectivity index (χ2n) is 5.30. The van der Waals surface area contributed by atoms with Gasteiger partial charge in [-0.05, 0) is 51.6 Å². The third-order valence-corrected chi connectivity index (χ3v) is 4.07. The highest BCUT2D eigenvalue weighted by Gasteiger charge is 2.26. The molecule has 3 aromatic carbocycles. The molecule has 0 radical (unpaired) electrons. The van der Waals surface area contributed by atoms with Crippen molar-refractivity contribution in [3.8, 4) is 22.3 Å². The molecule has 1 nitrogen and oxygen atoms in total. The fourth-order valence-corrected chi connectivity index (χ4v) is 3.00. The van der Waals surface area contributed by atoms with Crippen molar-refractivity contribution in [2.45, 2.75) is 6.10 Å². The lowest BCUT2D eigenvalue weighted by atomic mass is 9.99. The summed E-state index contributed by atoms with van der Waals surface area (Å²) < 4.78 is 13.0. The van der Waals surface area contributed by atoms with Gasteiger partial charge in [0.15, 0.2) is 0 Å². The molecule has 0 bridgehead atoms. The van der Waals surface area contributed by atoms with E-state index in [0.717, 1.165) is 33.4 Å². The monoisotopic (exact) mass is 276 g/mol. The van der Waals surface area contributed by atoms with Crippen molar-refractivity contribution in [2.24, 2.45) is 0 Å². The van der Waals surface area contributed by atoms with Gasteiger partial charge in [0.2, 0.25) is 0 Å². The van der Waals surface area contributed by atoms with Crippen LogP contribution in [0.5, 0.6) is 0 Å². The Labute approximate surface area is 122 Å². The molecule has 4 rings (SSSR count). The number of aliphatic hydroxyl groups is 1. The maximum Gasteiger partial charge on any atom is 0.123 e. The van der Waals surface area contributed by atoms with Gasteiger partial charge in [0.1, 0.15) is 11.9 Å². The van der Waals surface area contributed by atoms with Gasteiger partial charge in [0.25, 0.3) is 0 Å². The van der Waals surface area contributed by atoms with Crippen molar-refractivity contribution in [1.29, 1.82) is 0 Å². The van der Waals surface area contributed by atoms with E-state index in [1.54, 1.807) is 12.1 Å². The Morgan fingerprint density at radius 1 is 0.714 bits per heavy atom. The zero-order chi connectivity index (χ0) is 14.4. The fourth-order valence-electron chi connectivity index (χ4n) is 3.00. The summed E-state index contributed by atoms with van der Waals surface area (Å²) in [5.41, 5.74) is 5.96. The molecule has 21 heavy (non-hydrogen) atoms. The number of benzene rings is 3. The molecule has 0 saturated heterocycles. The molecular formula is C19H13FO. The minimum absolute atomic E-state index is 0.243. The van der Waals surface area contributed by atoms with Gasteiger partial charge < -0.3 is 5.11 Å². The van der Waals surface area contributed by atoms with Gasteiger partial charge >= 0.3 is 0 Å². The van der Waals surface area contributed by atoms with Crippen LogP contribution < -0.4 is 0 Å². The quantitative estimate of drug-likeness (QED) is 0.691. The molecule has 1 aliphatic carbocycles. The van der Waals surface area contributed by atoms with E-state index >= 15 is 0 Å². The standard InChI is InChI=1S/C19H13FO/c20-14-8-5-12(6-9-14)13-7-10-16-15-3-1-2-4-17(15)19(21)18(16)11-13/h1-11,19,21H. The van der Waals surface area contributed by atoms with Gasteiger partial charge in [-0.2, -0.15) is 0 Å². The molecule has 1 N–H and O–H groups in total. The second-order valence-corrected chi connectivity index (χ2v) is 5.30. The molecule has 1 unspecified atom stereocenters. The third kappa shape index (κ3) is 1.88. The van der Waals surface area contributed by atoms with Gasteiger partial charge in [-0.1, -0.05) is 48.5 Å². The van der Waals surface area contributed by atoms with Crippen molar-refractivity contribution in [3.63, 3.8) is 0 Å². The summed E-state index contributed by atoms with van der Waals surface area (Å²) in [5.74, 6) is -0.243. The molecule has 102 valence electrons. The summed E-state index contributed by atoms with van der Waals surface area (Å²) in [4.78, 5) is 0. The summed E-state index contributed by atoms with van der Waals surface area (Å²) >= 11 is 0. The van der Waals surface area contributed by atoms with Crippen LogP contribution in [0.1, 0.15) is 17.2 Å². The van der Waals surface area contributed by atoms with E-state index in [9.17, 15) is 9.50 Å². The summed E-state index contributed by atoms with van der Waals surface area (Å²) in [6.45, 7) is 0. The van der Waals surface area contributed by atoms with Crippen molar-refractivity contribution in [3.05, 3.63) is 83.7 Å². The summed E-state index contributed by atoms with van der Waals surface area (Å²) in [5, 5.41) is 10.5. The van der Waals surface area contributed by atoms with E-state index < -0.39 is 6.10 Å². The highest BCUT2D eigenvalue weighted by molar-refractivity contribution is 5.81. The van der Waals surface area contributed by atoms with Gasteiger partial charge in [-0.15, -0.1) is 0 Å². The van der Waals surface area contributed by atoms with E-state index in [1.165, 1.54) is 12.1 Å². The first-order valence-electron chi connectivity index (χ1n) is 6.91. The molecule has 0 spiro atoms. The maximum atomic E-state index is 13.0. The number of aliphatic hydroxyl groups excluding tert-OH is 1. The Morgan fingerprint density at radius 3 is 2.19 bits per heavy atom. The van der Waals surface area contributed by atoms with E-state index in [1.807, 2.05) is 42.5 Å². The van der Waals surface area contributed by atoms with Crippen molar-refractivity contribution in [1.82, 2.24) is 0 Å². The number of halogens is 1. The largest absolute Gasteiger partial charge is 0.384 e. The lowest BCUT2D eigenvalue weighted by Gasteiger charge is -2.08. The van der Waals surface area contributed by atoms with E-state index in [-0.39, 0.29) is 5.82 Å². The summed E-state index contributed by atoms with van der Waals surface area (Å²) in [6, 6.07) is 20.4. The van der Waals surface area contributed by atoms with Crippen molar-refractivity contribution in [2.75, 3.05) is 0 Å². The van der Waals surface area contributed by atoms with Gasteiger partial charge in [-0.3, -0.25) is 0 Å². The molecule has 0 aromatic heterocycles. The van der Waals surface area contributed by atoms with E-state index in [2.05, 4.69) is 0 Å². The lowest BCUT2D eigenvalue weighted by Crippen LogP contribution is -1.93. The average Bonchev–Trinajstić information content (AvgIpc) is 2.81. The van der Waals surface area contributed by atoms with Crippen molar-refractivity contribution >= 4 is 0 Å². The molecule has 0 heterocycles. The predicted molar refractivity (Wildman–Crippen MR) is 81.3 cm³/mol. The third-order valence-electron chi connectivity index (χ3n) is 4.07. The molecule has 0 saturated carbocycles. The number of hydrogen-bond acceptors (Lipinski definition) is 1. The van der Waals surface area contributed by atoms with E-state index in [4.69, 9.17) is 0 Å². The molecule has 1 atom stereocenters. The Balaban J connectivity index is 1.85. The van der Waals surface area contributed by atoms with Crippen LogP contribution in [-0.4, -0.2) is 5.11 Å². The Bertz CT molecular complexity index is 821.